The molecule has 0 aliphatic rings. The molecule has 0 rings (SSSR count). The van der Waals surface area contributed by atoms with Crippen molar-refractivity contribution >= 4 is 30.4 Å². The van der Waals surface area contributed by atoms with E-state index in [1.807, 2.05) is 0 Å². The Kier molecular flexibility index (Phi) is 67.7. The van der Waals surface area contributed by atoms with Gasteiger partial charge < -0.3 is 55.9 Å². The molecule has 17 heteroatoms. The summed E-state index contributed by atoms with van der Waals surface area (Å²) in [7, 11) is -14.7. The van der Waals surface area contributed by atoms with Gasteiger partial charge in [0.2, 0.25) is 0 Å². The standard InChI is InChI=1S/4C16H35O3P.Mo/c4*1-5-8-10-11-12-15(4)20(17,18)19-14-16(7-3)13-9-6-2;/h4*15-16H,5-14H2,1-4H3,(H,17,18);/q;;;;+4/p-4. The Hall–Kier alpha value is 1.29. The van der Waals surface area contributed by atoms with Crippen molar-refractivity contribution in [2.45, 2.75) is 365 Å². The fraction of sp³-hybridized carbons (Fsp3) is 1.00. The van der Waals surface area contributed by atoms with Crippen LogP contribution >= 0.6 is 30.4 Å². The molecule has 12 nitrogen and oxygen atoms in total. The smallest absolute Gasteiger partial charge is 0.778 e. The van der Waals surface area contributed by atoms with E-state index in [1.54, 1.807) is 27.7 Å². The van der Waals surface area contributed by atoms with E-state index in [4.69, 9.17) is 18.1 Å². The van der Waals surface area contributed by atoms with Gasteiger partial charge in [-0.25, -0.2) is 0 Å². The zero-order valence-electron chi connectivity index (χ0n) is 56.0. The second-order valence-corrected chi connectivity index (χ2v) is 32.7. The molecule has 0 spiro atoms. The minimum atomic E-state index is -3.68. The number of rotatable bonds is 52. The van der Waals surface area contributed by atoms with Gasteiger partial charge in [-0.1, -0.05) is 291 Å². The molecule has 0 aliphatic heterocycles. The molecular formula is C64H136MoO12P4. The first-order chi connectivity index (χ1) is 37.9. The summed E-state index contributed by atoms with van der Waals surface area (Å²) in [5, 5.41) is 0. The summed E-state index contributed by atoms with van der Waals surface area (Å²) in [5.74, 6) is 1.52. The Morgan fingerprint density at radius 2 is 0.420 bits per heavy atom. The third-order valence-electron chi connectivity index (χ3n) is 16.2. The van der Waals surface area contributed by atoms with Gasteiger partial charge in [0.15, 0.2) is 0 Å². The molecule has 81 heavy (non-hydrogen) atoms. The Morgan fingerprint density at radius 3 is 0.556 bits per heavy atom. The predicted molar refractivity (Wildman–Crippen MR) is 340 cm³/mol. The number of hydrogen-bond donors (Lipinski definition) is 0. The van der Waals surface area contributed by atoms with E-state index in [0.29, 0.717) is 50.1 Å². The van der Waals surface area contributed by atoms with Crippen LogP contribution in [0.2, 0.25) is 0 Å². The van der Waals surface area contributed by atoms with Crippen molar-refractivity contribution in [3.63, 3.8) is 0 Å². The average molecular weight is 1320 g/mol. The molecule has 12 unspecified atom stereocenters. The van der Waals surface area contributed by atoms with Gasteiger partial charge in [-0.3, -0.25) is 0 Å². The van der Waals surface area contributed by atoms with Crippen LogP contribution in [0.4, 0.5) is 0 Å². The van der Waals surface area contributed by atoms with E-state index >= 15 is 0 Å². The molecule has 0 amide bonds. The summed E-state index contributed by atoms with van der Waals surface area (Å²) < 4.78 is 69.6. The van der Waals surface area contributed by atoms with Crippen LogP contribution in [0, 0.1) is 23.7 Å². The summed E-state index contributed by atoms with van der Waals surface area (Å²) in [5.41, 5.74) is -1.38. The zero-order chi connectivity index (χ0) is 61.7. The van der Waals surface area contributed by atoms with Crippen molar-refractivity contribution in [3.05, 3.63) is 0 Å². The second-order valence-electron chi connectivity index (χ2n) is 23.8. The quantitative estimate of drug-likeness (QED) is 0.0318. The summed E-state index contributed by atoms with van der Waals surface area (Å²) in [6, 6.07) is 0. The Morgan fingerprint density at radius 1 is 0.259 bits per heavy atom. The minimum Gasteiger partial charge on any atom is -0.778 e. The summed E-state index contributed by atoms with van der Waals surface area (Å²) in [6.45, 7) is 34.3. The van der Waals surface area contributed by atoms with Crippen molar-refractivity contribution in [2.75, 3.05) is 26.4 Å². The van der Waals surface area contributed by atoms with Crippen molar-refractivity contribution in [3.8, 4) is 0 Å². The van der Waals surface area contributed by atoms with Gasteiger partial charge in [0.05, 0.1) is 26.4 Å². The van der Waals surface area contributed by atoms with Crippen molar-refractivity contribution in [2.24, 2.45) is 23.7 Å². The third-order valence-corrected chi connectivity index (χ3v) is 23.6. The molecule has 490 valence electrons. The zero-order valence-corrected chi connectivity index (χ0v) is 61.6. The van der Waals surface area contributed by atoms with Crippen molar-refractivity contribution in [1.29, 1.82) is 0 Å². The van der Waals surface area contributed by atoms with Gasteiger partial charge in [-0.15, -0.1) is 0 Å². The first-order valence-corrected chi connectivity index (χ1v) is 40.2. The monoisotopic (exact) mass is 1320 g/mol. The minimum absolute atomic E-state index is 0. The maximum Gasteiger partial charge on any atom is 4.00 e. The van der Waals surface area contributed by atoms with Crippen LogP contribution in [0.25, 0.3) is 0 Å². The molecular weight excluding hydrogens is 1180 g/mol. The molecule has 0 aliphatic carbocycles. The fourth-order valence-corrected chi connectivity index (χ4v) is 13.7. The van der Waals surface area contributed by atoms with Gasteiger partial charge in [-0.05, 0) is 75.0 Å². The Balaban J connectivity index is -0.000000316. The van der Waals surface area contributed by atoms with Crippen molar-refractivity contribution in [1.82, 2.24) is 0 Å². The second kappa shape index (κ2) is 60.2. The maximum absolute atomic E-state index is 12.1. The molecule has 0 radical (unpaired) electrons. The molecule has 0 aromatic rings. The van der Waals surface area contributed by atoms with Gasteiger partial charge in [0.1, 0.15) is 30.4 Å². The fourth-order valence-electron chi connectivity index (χ4n) is 9.04. The molecule has 12 atom stereocenters. The van der Waals surface area contributed by atoms with E-state index in [0.717, 1.165) is 180 Å². The molecule has 0 saturated heterocycles. The largest absolute Gasteiger partial charge is 4.00 e. The van der Waals surface area contributed by atoms with Crippen LogP contribution in [0.1, 0.15) is 342 Å². The number of unbranched alkanes of at least 4 members (excludes halogenated alkanes) is 16. The molecule has 0 aromatic heterocycles. The Labute approximate surface area is 519 Å². The average Bonchev–Trinajstić information content (AvgIpc) is 3.43. The molecule has 0 aromatic carbocycles. The summed E-state index contributed by atoms with van der Waals surface area (Å²) >= 11 is 0. The van der Waals surface area contributed by atoms with Gasteiger partial charge in [-0.2, -0.15) is 0 Å². The first kappa shape index (κ1) is 91.0. The van der Waals surface area contributed by atoms with E-state index in [2.05, 4.69) is 83.1 Å². The third kappa shape index (κ3) is 54.0. The van der Waals surface area contributed by atoms with Crippen LogP contribution in [0.5, 0.6) is 0 Å². The van der Waals surface area contributed by atoms with E-state index < -0.39 is 30.4 Å². The first-order valence-electron chi connectivity index (χ1n) is 33.7. The van der Waals surface area contributed by atoms with E-state index in [1.165, 1.54) is 51.4 Å². The normalized spacial score (nSPS) is 17.4. The van der Waals surface area contributed by atoms with Crippen LogP contribution in [0.15, 0.2) is 0 Å². The SMILES string of the molecule is CCCCCCC(C)P(=O)([O-])OCC(CC)CCCC.CCCCCCC(C)P(=O)([O-])OCC(CC)CCCC.CCCCCCC(C)P(=O)([O-])OCC(CC)CCCC.CCCCCCC(C)P(=O)([O-])OCC(CC)CCCC.[Mo+4]. The van der Waals surface area contributed by atoms with E-state index in [9.17, 15) is 37.8 Å². The van der Waals surface area contributed by atoms with Crippen LogP contribution in [-0.4, -0.2) is 49.1 Å². The molecule has 0 fully saturated rings. The maximum atomic E-state index is 12.1. The Bertz CT molecular complexity index is 1300. The van der Waals surface area contributed by atoms with Crippen LogP contribution in [-0.2, 0) is 57.4 Å². The predicted octanol–water partition coefficient (Wildman–Crippen LogP) is 20.5. The van der Waals surface area contributed by atoms with Crippen LogP contribution in [0.3, 0.4) is 0 Å². The molecule has 0 saturated carbocycles. The van der Waals surface area contributed by atoms with E-state index in [-0.39, 0.29) is 43.7 Å². The molecule has 0 bridgehead atoms. The van der Waals surface area contributed by atoms with Crippen molar-refractivity contribution < 1.29 is 77.0 Å². The van der Waals surface area contributed by atoms with Gasteiger partial charge in [0, 0.05) is 22.6 Å². The van der Waals surface area contributed by atoms with Gasteiger partial charge in [0.25, 0.3) is 0 Å². The van der Waals surface area contributed by atoms with Gasteiger partial charge >= 0.3 is 21.1 Å². The summed E-state index contributed by atoms with van der Waals surface area (Å²) in [6.07, 6.45) is 38.2. The number of hydrogen-bond acceptors (Lipinski definition) is 12. The summed E-state index contributed by atoms with van der Waals surface area (Å²) in [4.78, 5) is 48.4. The topological polar surface area (TPSA) is 197 Å². The molecule has 0 heterocycles. The van der Waals surface area contributed by atoms with Crippen LogP contribution < -0.4 is 19.6 Å². The molecule has 0 N–H and O–H groups in total.